The van der Waals surface area contributed by atoms with Crippen LogP contribution in [0.4, 0.5) is 8.78 Å². The molecule has 2 aliphatic rings. The van der Waals surface area contributed by atoms with Crippen LogP contribution in [0.15, 0.2) is 18.2 Å². The van der Waals surface area contributed by atoms with Crippen LogP contribution in [-0.2, 0) is 26.6 Å². The molecule has 0 aromatic heterocycles. The first-order valence-corrected chi connectivity index (χ1v) is 7.57. The van der Waals surface area contributed by atoms with Gasteiger partial charge in [-0.25, -0.2) is 8.78 Å². The van der Waals surface area contributed by atoms with Crippen molar-refractivity contribution in [3.63, 3.8) is 0 Å². The summed E-state index contributed by atoms with van der Waals surface area (Å²) in [5.41, 5.74) is 0.397. The lowest BCUT2D eigenvalue weighted by Crippen LogP contribution is -2.41. The second kappa shape index (κ2) is 5.01. The van der Waals surface area contributed by atoms with E-state index in [1.165, 1.54) is 6.07 Å². The van der Waals surface area contributed by atoms with Crippen molar-refractivity contribution in [3.8, 4) is 0 Å². The van der Waals surface area contributed by atoms with Crippen molar-refractivity contribution in [2.45, 2.75) is 57.8 Å². The maximum atomic E-state index is 14.1. The summed E-state index contributed by atoms with van der Waals surface area (Å²) >= 11 is 0. The lowest BCUT2D eigenvalue weighted by atomic mass is 9.77. The third-order valence-corrected chi connectivity index (χ3v) is 4.87. The highest BCUT2D eigenvalue weighted by Crippen LogP contribution is 2.38. The third-order valence-electron chi connectivity index (χ3n) is 4.87. The van der Waals surface area contributed by atoms with E-state index in [1.54, 1.807) is 12.1 Å². The first kappa shape index (κ1) is 15.9. The molecule has 0 radical (unpaired) electrons. The molecule has 1 saturated heterocycles. The fraction of sp³-hybridized carbons (Fsp3) is 0.625. The Morgan fingerprint density at radius 1 is 1.05 bits per heavy atom. The molecular weight excluding hydrogens is 289 g/mol. The van der Waals surface area contributed by atoms with E-state index in [0.29, 0.717) is 5.56 Å². The maximum Gasteiger partial charge on any atom is 0.494 e. The van der Waals surface area contributed by atoms with E-state index < -0.39 is 24.2 Å². The van der Waals surface area contributed by atoms with E-state index in [2.05, 4.69) is 0 Å². The van der Waals surface area contributed by atoms with Gasteiger partial charge < -0.3 is 14.0 Å². The van der Waals surface area contributed by atoms with E-state index in [4.69, 9.17) is 14.0 Å². The number of alkyl halides is 2. The minimum absolute atomic E-state index is 0.0465. The van der Waals surface area contributed by atoms with Gasteiger partial charge in [-0.2, -0.15) is 0 Å². The Bertz CT molecular complexity index is 571. The number of rotatable bonds is 1. The molecule has 22 heavy (non-hydrogen) atoms. The molecule has 0 amide bonds. The Labute approximate surface area is 130 Å². The van der Waals surface area contributed by atoms with Crippen LogP contribution in [0, 0.1) is 0 Å². The summed E-state index contributed by atoms with van der Waals surface area (Å²) in [6.07, 6.45) is -0.282. The van der Waals surface area contributed by atoms with Crippen molar-refractivity contribution in [3.05, 3.63) is 29.3 Å². The number of hydrogen-bond donors (Lipinski definition) is 0. The molecule has 120 valence electrons. The van der Waals surface area contributed by atoms with Gasteiger partial charge in [0.05, 0.1) is 24.4 Å². The van der Waals surface area contributed by atoms with Gasteiger partial charge >= 0.3 is 7.12 Å². The minimum atomic E-state index is -2.85. The Kier molecular flexibility index (Phi) is 3.62. The summed E-state index contributed by atoms with van der Waals surface area (Å²) in [6.45, 7) is 8.12. The van der Waals surface area contributed by atoms with E-state index >= 15 is 0 Å². The zero-order chi connectivity index (χ0) is 16.2. The van der Waals surface area contributed by atoms with Crippen molar-refractivity contribution in [1.82, 2.24) is 0 Å². The molecule has 0 bridgehead atoms. The van der Waals surface area contributed by atoms with E-state index in [0.717, 1.165) is 5.46 Å². The SMILES string of the molecule is CC1(C)OB(c2ccc3c(c2)COCCC3(F)F)OC1(C)C. The highest BCUT2D eigenvalue weighted by atomic mass is 19.3. The quantitative estimate of drug-likeness (QED) is 0.746. The molecule has 0 atom stereocenters. The zero-order valence-corrected chi connectivity index (χ0v) is 13.4. The van der Waals surface area contributed by atoms with Gasteiger partial charge in [-0.15, -0.1) is 0 Å². The van der Waals surface area contributed by atoms with Crippen molar-refractivity contribution >= 4 is 12.6 Å². The van der Waals surface area contributed by atoms with Crippen LogP contribution in [0.3, 0.4) is 0 Å². The Morgan fingerprint density at radius 3 is 2.32 bits per heavy atom. The first-order valence-electron chi connectivity index (χ1n) is 7.57. The molecule has 0 aliphatic carbocycles. The standard InChI is InChI=1S/C16H21BF2O3/c1-14(2)15(3,4)22-17(21-14)12-5-6-13-11(9-12)10-20-8-7-16(13,18)19/h5-6,9H,7-8,10H2,1-4H3. The molecule has 2 heterocycles. The van der Waals surface area contributed by atoms with Gasteiger partial charge in [0.1, 0.15) is 0 Å². The molecule has 0 spiro atoms. The fourth-order valence-corrected chi connectivity index (χ4v) is 2.73. The van der Waals surface area contributed by atoms with Crippen LogP contribution in [0.25, 0.3) is 0 Å². The predicted octanol–water partition coefficient (Wildman–Crippen LogP) is 3.00. The van der Waals surface area contributed by atoms with Gasteiger partial charge in [0.25, 0.3) is 5.92 Å². The molecule has 0 unspecified atom stereocenters. The molecule has 1 aromatic carbocycles. The lowest BCUT2D eigenvalue weighted by molar-refractivity contribution is -0.0296. The number of hydrogen-bond acceptors (Lipinski definition) is 3. The Morgan fingerprint density at radius 2 is 1.68 bits per heavy atom. The topological polar surface area (TPSA) is 27.7 Å². The molecule has 1 aromatic rings. The Balaban J connectivity index is 1.94. The summed E-state index contributed by atoms with van der Waals surface area (Å²) in [7, 11) is -0.549. The summed E-state index contributed by atoms with van der Waals surface area (Å²) in [4.78, 5) is 0. The third kappa shape index (κ3) is 2.57. The Hall–Kier alpha value is -0.975. The van der Waals surface area contributed by atoms with E-state index in [-0.39, 0.29) is 25.2 Å². The molecule has 0 N–H and O–H groups in total. The van der Waals surface area contributed by atoms with Gasteiger partial charge in [-0.05, 0) is 38.7 Å². The molecule has 3 nitrogen and oxygen atoms in total. The molecule has 0 saturated carbocycles. The summed E-state index contributed by atoms with van der Waals surface area (Å²) in [5, 5.41) is 0. The second-order valence-electron chi connectivity index (χ2n) is 7.01. The van der Waals surface area contributed by atoms with Crippen molar-refractivity contribution in [1.29, 1.82) is 0 Å². The van der Waals surface area contributed by atoms with Crippen LogP contribution < -0.4 is 5.46 Å². The predicted molar refractivity (Wildman–Crippen MR) is 80.3 cm³/mol. The highest BCUT2D eigenvalue weighted by Gasteiger charge is 2.52. The van der Waals surface area contributed by atoms with Crippen LogP contribution in [-0.4, -0.2) is 24.9 Å². The largest absolute Gasteiger partial charge is 0.494 e. The van der Waals surface area contributed by atoms with E-state index in [9.17, 15) is 8.78 Å². The van der Waals surface area contributed by atoms with Crippen LogP contribution in [0.1, 0.15) is 45.2 Å². The number of halogens is 2. The second-order valence-corrected chi connectivity index (χ2v) is 7.01. The highest BCUT2D eigenvalue weighted by molar-refractivity contribution is 6.62. The smallest absolute Gasteiger partial charge is 0.399 e. The summed E-state index contributed by atoms with van der Waals surface area (Å²) < 4.78 is 45.4. The van der Waals surface area contributed by atoms with E-state index in [1.807, 2.05) is 27.7 Å². The van der Waals surface area contributed by atoms with Gasteiger partial charge in [0.2, 0.25) is 0 Å². The van der Waals surface area contributed by atoms with Gasteiger partial charge in [-0.1, -0.05) is 18.2 Å². The minimum Gasteiger partial charge on any atom is -0.399 e. The molecule has 3 rings (SSSR count). The van der Waals surface area contributed by atoms with Crippen molar-refractivity contribution < 1.29 is 22.8 Å². The number of benzene rings is 1. The molecule has 1 fully saturated rings. The monoisotopic (exact) mass is 310 g/mol. The molecule has 2 aliphatic heterocycles. The number of ether oxygens (including phenoxy) is 1. The first-order chi connectivity index (χ1) is 10.1. The van der Waals surface area contributed by atoms with Gasteiger partial charge in [-0.3, -0.25) is 0 Å². The fourth-order valence-electron chi connectivity index (χ4n) is 2.73. The number of fused-ring (bicyclic) bond motifs is 1. The summed E-state index contributed by atoms with van der Waals surface area (Å²) in [6, 6.07) is 4.86. The van der Waals surface area contributed by atoms with Crippen LogP contribution in [0.2, 0.25) is 0 Å². The van der Waals surface area contributed by atoms with Crippen molar-refractivity contribution in [2.75, 3.05) is 6.61 Å². The average Bonchev–Trinajstić information content (AvgIpc) is 2.54. The van der Waals surface area contributed by atoms with Gasteiger partial charge in [0, 0.05) is 12.0 Å². The van der Waals surface area contributed by atoms with Crippen LogP contribution in [0.5, 0.6) is 0 Å². The normalized spacial score (nSPS) is 25.6. The maximum absolute atomic E-state index is 14.1. The zero-order valence-electron chi connectivity index (χ0n) is 13.4. The lowest BCUT2D eigenvalue weighted by Gasteiger charge is -2.32. The van der Waals surface area contributed by atoms with Gasteiger partial charge in [0.15, 0.2) is 0 Å². The van der Waals surface area contributed by atoms with Crippen LogP contribution >= 0.6 is 0 Å². The van der Waals surface area contributed by atoms with Crippen molar-refractivity contribution in [2.24, 2.45) is 0 Å². The average molecular weight is 310 g/mol. The summed E-state index contributed by atoms with van der Waals surface area (Å²) in [5.74, 6) is -2.85. The molecule has 6 heteroatoms. The molecular formula is C16H21BF2O3.